The molecule has 7 heteroatoms. The van der Waals surface area contributed by atoms with Gasteiger partial charge in [-0.1, -0.05) is 60.7 Å². The van der Waals surface area contributed by atoms with Crippen molar-refractivity contribution >= 4 is 11.8 Å². The number of benzene rings is 3. The number of rotatable bonds is 9. The van der Waals surface area contributed by atoms with E-state index in [0.717, 1.165) is 22.3 Å². The summed E-state index contributed by atoms with van der Waals surface area (Å²) in [7, 11) is 0. The van der Waals surface area contributed by atoms with Crippen molar-refractivity contribution in [2.75, 3.05) is 6.54 Å². The highest BCUT2D eigenvalue weighted by Gasteiger charge is 2.09. The van der Waals surface area contributed by atoms with Crippen molar-refractivity contribution in [2.45, 2.75) is 19.5 Å². The normalized spacial score (nSPS) is 10.6. The molecular formula is C27H25FN4O2. The molecule has 2 amide bonds. The zero-order chi connectivity index (χ0) is 23.8. The number of carbonyl (C=O) groups is 2. The third kappa shape index (κ3) is 6.38. The largest absolute Gasteiger partial charge is 0.350 e. The second-order valence-electron chi connectivity index (χ2n) is 7.92. The van der Waals surface area contributed by atoms with Crippen molar-refractivity contribution in [1.82, 2.24) is 20.4 Å². The lowest BCUT2D eigenvalue weighted by molar-refractivity contribution is -0.125. The minimum absolute atomic E-state index is 0.0181. The highest BCUT2D eigenvalue weighted by Crippen LogP contribution is 2.24. The van der Waals surface area contributed by atoms with E-state index >= 15 is 0 Å². The lowest BCUT2D eigenvalue weighted by Gasteiger charge is -2.12. The molecule has 1 heterocycles. The van der Waals surface area contributed by atoms with Gasteiger partial charge in [-0.15, -0.1) is 0 Å². The van der Waals surface area contributed by atoms with E-state index in [1.807, 2.05) is 41.2 Å². The van der Waals surface area contributed by atoms with Crippen molar-refractivity contribution in [3.05, 3.63) is 114 Å². The molecule has 172 valence electrons. The monoisotopic (exact) mass is 456 g/mol. The second-order valence-corrected chi connectivity index (χ2v) is 7.92. The minimum atomic E-state index is -0.394. The third-order valence-corrected chi connectivity index (χ3v) is 5.36. The van der Waals surface area contributed by atoms with Crippen LogP contribution in [-0.4, -0.2) is 28.1 Å². The van der Waals surface area contributed by atoms with Crippen LogP contribution in [0.5, 0.6) is 0 Å². The van der Waals surface area contributed by atoms with E-state index in [2.05, 4.69) is 40.0 Å². The highest BCUT2D eigenvalue weighted by atomic mass is 19.1. The Kier molecular flexibility index (Phi) is 7.45. The SMILES string of the molecule is O=C(CNC(=O)Cc1cccc(F)c1)NCc1ccccc1-c1ccc(Cn2cccn2)cc1. The van der Waals surface area contributed by atoms with Gasteiger partial charge >= 0.3 is 0 Å². The Morgan fingerprint density at radius 2 is 1.68 bits per heavy atom. The van der Waals surface area contributed by atoms with Gasteiger partial charge in [0.05, 0.1) is 19.5 Å². The smallest absolute Gasteiger partial charge is 0.239 e. The molecule has 0 aliphatic carbocycles. The molecular weight excluding hydrogens is 431 g/mol. The van der Waals surface area contributed by atoms with E-state index < -0.39 is 5.82 Å². The Labute approximate surface area is 197 Å². The summed E-state index contributed by atoms with van der Waals surface area (Å²) in [4.78, 5) is 24.3. The number of carbonyl (C=O) groups excluding carboxylic acids is 2. The molecule has 0 atom stereocenters. The summed E-state index contributed by atoms with van der Waals surface area (Å²) >= 11 is 0. The molecule has 0 unspecified atom stereocenters. The molecule has 0 spiro atoms. The molecule has 4 rings (SSSR count). The van der Waals surface area contributed by atoms with Gasteiger partial charge < -0.3 is 10.6 Å². The number of nitrogens with zero attached hydrogens (tertiary/aromatic N) is 2. The van der Waals surface area contributed by atoms with Gasteiger partial charge in [0.25, 0.3) is 0 Å². The summed E-state index contributed by atoms with van der Waals surface area (Å²) in [5.41, 5.74) is 4.76. The van der Waals surface area contributed by atoms with Crippen LogP contribution in [0.3, 0.4) is 0 Å². The standard InChI is InChI=1S/C27H25FN4O2/c28-24-7-3-5-21(15-24)16-26(33)30-18-27(34)29-17-23-6-1-2-8-25(23)22-11-9-20(10-12-22)19-32-14-4-13-31-32/h1-15H,16-19H2,(H,29,34)(H,30,33). The Bertz CT molecular complexity index is 1250. The van der Waals surface area contributed by atoms with Crippen LogP contribution in [0, 0.1) is 5.82 Å². The zero-order valence-electron chi connectivity index (χ0n) is 18.6. The molecule has 0 aliphatic rings. The number of halogens is 1. The maximum Gasteiger partial charge on any atom is 0.239 e. The Hall–Kier alpha value is -4.26. The first-order chi connectivity index (χ1) is 16.6. The average Bonchev–Trinajstić information content (AvgIpc) is 3.35. The van der Waals surface area contributed by atoms with Crippen molar-refractivity contribution in [3.63, 3.8) is 0 Å². The highest BCUT2D eigenvalue weighted by molar-refractivity contribution is 5.85. The summed E-state index contributed by atoms with van der Waals surface area (Å²) in [5.74, 6) is -1.03. The molecule has 0 saturated carbocycles. The van der Waals surface area contributed by atoms with Crippen LogP contribution in [0.25, 0.3) is 11.1 Å². The molecule has 3 aromatic carbocycles. The zero-order valence-corrected chi connectivity index (χ0v) is 18.6. The van der Waals surface area contributed by atoms with Crippen LogP contribution in [0.2, 0.25) is 0 Å². The number of hydrogen-bond acceptors (Lipinski definition) is 3. The number of hydrogen-bond donors (Lipinski definition) is 2. The van der Waals surface area contributed by atoms with Gasteiger partial charge in [0.15, 0.2) is 0 Å². The van der Waals surface area contributed by atoms with Crippen molar-refractivity contribution in [2.24, 2.45) is 0 Å². The fourth-order valence-electron chi connectivity index (χ4n) is 3.66. The molecule has 0 radical (unpaired) electrons. The summed E-state index contributed by atoms with van der Waals surface area (Å²) in [6.07, 6.45) is 3.70. The van der Waals surface area contributed by atoms with Crippen LogP contribution in [0.1, 0.15) is 16.7 Å². The lowest BCUT2D eigenvalue weighted by Crippen LogP contribution is -2.37. The van der Waals surface area contributed by atoms with E-state index in [0.29, 0.717) is 18.7 Å². The van der Waals surface area contributed by atoms with Gasteiger partial charge in [-0.25, -0.2) is 4.39 Å². The fourth-order valence-corrected chi connectivity index (χ4v) is 3.66. The summed E-state index contributed by atoms with van der Waals surface area (Å²) < 4.78 is 15.1. The maximum absolute atomic E-state index is 13.2. The molecule has 4 aromatic rings. The van der Waals surface area contributed by atoms with E-state index in [4.69, 9.17) is 0 Å². The van der Waals surface area contributed by atoms with Gasteiger partial charge in [0.2, 0.25) is 11.8 Å². The van der Waals surface area contributed by atoms with Gasteiger partial charge in [-0.2, -0.15) is 5.10 Å². The summed E-state index contributed by atoms with van der Waals surface area (Å²) in [6.45, 7) is 0.901. The average molecular weight is 457 g/mol. The van der Waals surface area contributed by atoms with E-state index in [1.54, 1.807) is 18.3 Å². The Morgan fingerprint density at radius 3 is 2.44 bits per heavy atom. The van der Waals surface area contributed by atoms with Crippen LogP contribution in [-0.2, 0) is 29.1 Å². The molecule has 2 N–H and O–H groups in total. The quantitative estimate of drug-likeness (QED) is 0.403. The van der Waals surface area contributed by atoms with Crippen molar-refractivity contribution in [1.29, 1.82) is 0 Å². The molecule has 34 heavy (non-hydrogen) atoms. The summed E-state index contributed by atoms with van der Waals surface area (Å²) in [5, 5.41) is 9.66. The molecule has 0 saturated heterocycles. The first-order valence-electron chi connectivity index (χ1n) is 11.0. The summed E-state index contributed by atoms with van der Waals surface area (Å²) in [6, 6.07) is 23.9. The first kappa shape index (κ1) is 22.9. The predicted octanol–water partition coefficient (Wildman–Crippen LogP) is 3.71. The molecule has 0 aliphatic heterocycles. The lowest BCUT2D eigenvalue weighted by atomic mass is 9.98. The van der Waals surface area contributed by atoms with Gasteiger partial charge in [0, 0.05) is 18.9 Å². The van der Waals surface area contributed by atoms with E-state index in [1.165, 1.54) is 12.1 Å². The number of aromatic nitrogens is 2. The minimum Gasteiger partial charge on any atom is -0.350 e. The maximum atomic E-state index is 13.2. The predicted molar refractivity (Wildman–Crippen MR) is 128 cm³/mol. The fraction of sp³-hybridized carbons (Fsp3) is 0.148. The van der Waals surface area contributed by atoms with Gasteiger partial charge in [-0.05, 0) is 46.0 Å². The van der Waals surface area contributed by atoms with Crippen LogP contribution >= 0.6 is 0 Å². The van der Waals surface area contributed by atoms with Crippen molar-refractivity contribution in [3.8, 4) is 11.1 Å². The second kappa shape index (κ2) is 11.0. The molecule has 0 fully saturated rings. The van der Waals surface area contributed by atoms with Crippen LogP contribution in [0.4, 0.5) is 4.39 Å². The van der Waals surface area contributed by atoms with Crippen molar-refractivity contribution < 1.29 is 14.0 Å². The number of nitrogens with one attached hydrogen (secondary N) is 2. The Balaban J connectivity index is 1.30. The molecule has 6 nitrogen and oxygen atoms in total. The van der Waals surface area contributed by atoms with Gasteiger partial charge in [0.1, 0.15) is 5.82 Å². The first-order valence-corrected chi connectivity index (χ1v) is 11.0. The molecule has 0 bridgehead atoms. The van der Waals surface area contributed by atoms with E-state index in [-0.39, 0.29) is 24.8 Å². The van der Waals surface area contributed by atoms with E-state index in [9.17, 15) is 14.0 Å². The third-order valence-electron chi connectivity index (χ3n) is 5.36. The topological polar surface area (TPSA) is 76.0 Å². The number of amides is 2. The van der Waals surface area contributed by atoms with Crippen LogP contribution in [0.15, 0.2) is 91.3 Å². The van der Waals surface area contributed by atoms with Crippen LogP contribution < -0.4 is 10.6 Å². The van der Waals surface area contributed by atoms with Gasteiger partial charge in [-0.3, -0.25) is 14.3 Å². The Morgan fingerprint density at radius 1 is 0.853 bits per heavy atom. The molecule has 1 aromatic heterocycles.